The van der Waals surface area contributed by atoms with Crippen LogP contribution in [-0.2, 0) is 19.3 Å². The molecule has 8 N–H and O–H groups in total. The second-order valence-corrected chi connectivity index (χ2v) is 6.00. The highest BCUT2D eigenvalue weighted by atomic mass is 16.3. The van der Waals surface area contributed by atoms with E-state index in [1.807, 2.05) is 6.07 Å². The minimum Gasteiger partial charge on any atom is -0.398 e. The Balaban J connectivity index is 3.04. The molecule has 0 saturated heterocycles. The van der Waals surface area contributed by atoms with Crippen LogP contribution in [0.2, 0.25) is 0 Å². The first-order valence-corrected chi connectivity index (χ1v) is 8.20. The van der Waals surface area contributed by atoms with E-state index in [4.69, 9.17) is 21.7 Å². The molecule has 1 aromatic carbocycles. The average Bonchev–Trinajstić information content (AvgIpc) is 2.55. The molecule has 2 atom stereocenters. The van der Waals surface area contributed by atoms with Crippen molar-refractivity contribution in [2.45, 2.75) is 57.7 Å². The zero-order valence-electron chi connectivity index (χ0n) is 13.8. The quantitative estimate of drug-likeness (QED) is 0.344. The summed E-state index contributed by atoms with van der Waals surface area (Å²) in [5.41, 5.74) is 16.6. The summed E-state index contributed by atoms with van der Waals surface area (Å²) in [7, 11) is 0. The van der Waals surface area contributed by atoms with Gasteiger partial charge in [-0.25, -0.2) is 0 Å². The fourth-order valence-corrected chi connectivity index (χ4v) is 2.74. The van der Waals surface area contributed by atoms with Crippen molar-refractivity contribution in [2.75, 3.05) is 24.7 Å². The van der Waals surface area contributed by atoms with Gasteiger partial charge in [0, 0.05) is 11.4 Å². The van der Waals surface area contributed by atoms with E-state index in [-0.39, 0.29) is 13.2 Å². The SMILES string of the molecule is CCCc1c(N)c(CCC(O)CO)cc(N)c1CCC(O)CO. The molecule has 0 amide bonds. The Labute approximate surface area is 137 Å². The molecule has 0 fully saturated rings. The monoisotopic (exact) mass is 326 g/mol. The zero-order chi connectivity index (χ0) is 17.4. The number of benzene rings is 1. The van der Waals surface area contributed by atoms with Gasteiger partial charge in [0.15, 0.2) is 0 Å². The summed E-state index contributed by atoms with van der Waals surface area (Å²) in [5.74, 6) is 0. The second kappa shape index (κ2) is 9.72. The lowest BCUT2D eigenvalue weighted by molar-refractivity contribution is 0.0884. The Kier molecular flexibility index (Phi) is 8.33. The van der Waals surface area contributed by atoms with E-state index in [0.29, 0.717) is 37.1 Å². The van der Waals surface area contributed by atoms with E-state index in [2.05, 4.69) is 6.92 Å². The van der Waals surface area contributed by atoms with Gasteiger partial charge in [-0.15, -0.1) is 0 Å². The molecule has 0 bridgehead atoms. The third kappa shape index (κ3) is 5.66. The van der Waals surface area contributed by atoms with Crippen molar-refractivity contribution in [1.82, 2.24) is 0 Å². The molecule has 0 aliphatic rings. The van der Waals surface area contributed by atoms with Gasteiger partial charge in [-0.1, -0.05) is 13.3 Å². The number of aryl methyl sites for hydroxylation is 1. The number of anilines is 2. The van der Waals surface area contributed by atoms with Crippen LogP contribution in [0.1, 0.15) is 42.9 Å². The highest BCUT2D eigenvalue weighted by molar-refractivity contribution is 5.66. The Bertz CT molecular complexity index is 494. The molecule has 0 radical (unpaired) electrons. The van der Waals surface area contributed by atoms with E-state index < -0.39 is 12.2 Å². The largest absolute Gasteiger partial charge is 0.398 e. The topological polar surface area (TPSA) is 133 Å². The third-order valence-electron chi connectivity index (χ3n) is 4.11. The van der Waals surface area contributed by atoms with Crippen LogP contribution in [-0.4, -0.2) is 45.8 Å². The van der Waals surface area contributed by atoms with E-state index in [0.717, 1.165) is 29.5 Å². The molecule has 2 unspecified atom stereocenters. The predicted octanol–water partition coefficient (Wildman–Crippen LogP) is 0.375. The van der Waals surface area contributed by atoms with Crippen molar-refractivity contribution in [3.8, 4) is 0 Å². The van der Waals surface area contributed by atoms with Gasteiger partial charge in [0.2, 0.25) is 0 Å². The van der Waals surface area contributed by atoms with Crippen LogP contribution in [0.25, 0.3) is 0 Å². The molecule has 0 spiro atoms. The molecular weight excluding hydrogens is 296 g/mol. The van der Waals surface area contributed by atoms with Crippen LogP contribution in [0.5, 0.6) is 0 Å². The normalized spacial score (nSPS) is 14.0. The molecule has 0 aromatic heterocycles. The fraction of sp³-hybridized carbons (Fsp3) is 0.647. The summed E-state index contributed by atoms with van der Waals surface area (Å²) in [5, 5.41) is 36.9. The molecule has 132 valence electrons. The van der Waals surface area contributed by atoms with Crippen LogP contribution in [0.15, 0.2) is 6.07 Å². The van der Waals surface area contributed by atoms with E-state index >= 15 is 0 Å². The first-order chi connectivity index (χ1) is 10.9. The Morgan fingerprint density at radius 1 is 0.913 bits per heavy atom. The van der Waals surface area contributed by atoms with Crippen LogP contribution in [0.4, 0.5) is 11.4 Å². The molecule has 0 aliphatic carbocycles. The van der Waals surface area contributed by atoms with Crippen LogP contribution >= 0.6 is 0 Å². The minimum absolute atomic E-state index is 0.268. The molecule has 6 heteroatoms. The van der Waals surface area contributed by atoms with Crippen LogP contribution < -0.4 is 11.5 Å². The summed E-state index contributed by atoms with van der Waals surface area (Å²) < 4.78 is 0. The summed E-state index contributed by atoms with van der Waals surface area (Å²) >= 11 is 0. The Morgan fingerprint density at radius 2 is 1.48 bits per heavy atom. The first-order valence-electron chi connectivity index (χ1n) is 8.20. The van der Waals surface area contributed by atoms with E-state index in [9.17, 15) is 10.2 Å². The van der Waals surface area contributed by atoms with Crippen molar-refractivity contribution in [3.05, 3.63) is 22.8 Å². The van der Waals surface area contributed by atoms with Gasteiger partial charge >= 0.3 is 0 Å². The summed E-state index contributed by atoms with van der Waals surface area (Å²) in [6.07, 6.45) is 2.15. The number of rotatable bonds is 10. The predicted molar refractivity (Wildman–Crippen MR) is 92.1 cm³/mol. The van der Waals surface area contributed by atoms with Gasteiger partial charge in [-0.05, 0) is 54.9 Å². The number of hydrogen-bond acceptors (Lipinski definition) is 6. The number of aliphatic hydroxyl groups excluding tert-OH is 4. The van der Waals surface area contributed by atoms with Crippen molar-refractivity contribution >= 4 is 11.4 Å². The molecule has 0 aliphatic heterocycles. The van der Waals surface area contributed by atoms with Crippen molar-refractivity contribution < 1.29 is 20.4 Å². The lowest BCUT2D eigenvalue weighted by Crippen LogP contribution is -2.16. The molecule has 1 rings (SSSR count). The van der Waals surface area contributed by atoms with Gasteiger partial charge in [-0.3, -0.25) is 0 Å². The number of nitrogen functional groups attached to an aromatic ring is 2. The van der Waals surface area contributed by atoms with Crippen molar-refractivity contribution in [1.29, 1.82) is 0 Å². The molecular formula is C17H30N2O4. The maximum atomic E-state index is 9.55. The van der Waals surface area contributed by atoms with Crippen molar-refractivity contribution in [2.24, 2.45) is 0 Å². The lowest BCUT2D eigenvalue weighted by atomic mass is 9.90. The minimum atomic E-state index is -0.760. The second-order valence-electron chi connectivity index (χ2n) is 6.00. The Morgan fingerprint density at radius 3 is 2.00 bits per heavy atom. The van der Waals surface area contributed by atoms with Gasteiger partial charge in [0.1, 0.15) is 0 Å². The zero-order valence-corrected chi connectivity index (χ0v) is 13.8. The highest BCUT2D eigenvalue weighted by Gasteiger charge is 2.16. The molecule has 0 heterocycles. The molecule has 0 saturated carbocycles. The highest BCUT2D eigenvalue weighted by Crippen LogP contribution is 2.31. The lowest BCUT2D eigenvalue weighted by Gasteiger charge is -2.20. The van der Waals surface area contributed by atoms with Crippen molar-refractivity contribution in [3.63, 3.8) is 0 Å². The van der Waals surface area contributed by atoms with Gasteiger partial charge in [-0.2, -0.15) is 0 Å². The number of nitrogens with two attached hydrogens (primary N) is 2. The third-order valence-corrected chi connectivity index (χ3v) is 4.11. The molecule has 23 heavy (non-hydrogen) atoms. The number of hydrogen-bond donors (Lipinski definition) is 6. The summed E-state index contributed by atoms with van der Waals surface area (Å²) in [6, 6.07) is 1.82. The Hall–Kier alpha value is -1.34. The summed E-state index contributed by atoms with van der Waals surface area (Å²) in [4.78, 5) is 0. The standard InChI is InChI=1S/C17H30N2O4/c1-2-3-15-14(7-6-13(23)10-21)16(18)8-11(17(15)19)4-5-12(22)9-20/h8,12-13,20-23H,2-7,9-10,18-19H2,1H3. The molecule has 1 aromatic rings. The smallest absolute Gasteiger partial charge is 0.0774 e. The number of aliphatic hydroxyl groups is 4. The average molecular weight is 326 g/mol. The molecule has 6 nitrogen and oxygen atoms in total. The van der Waals surface area contributed by atoms with E-state index in [1.165, 1.54) is 0 Å². The summed E-state index contributed by atoms with van der Waals surface area (Å²) in [6.45, 7) is 1.52. The first kappa shape index (κ1) is 19.7. The van der Waals surface area contributed by atoms with Crippen LogP contribution in [0, 0.1) is 0 Å². The fourth-order valence-electron chi connectivity index (χ4n) is 2.74. The maximum Gasteiger partial charge on any atom is 0.0774 e. The van der Waals surface area contributed by atoms with Gasteiger partial charge in [0.25, 0.3) is 0 Å². The van der Waals surface area contributed by atoms with Crippen LogP contribution in [0.3, 0.4) is 0 Å². The van der Waals surface area contributed by atoms with E-state index in [1.54, 1.807) is 0 Å². The van der Waals surface area contributed by atoms with Gasteiger partial charge < -0.3 is 31.9 Å². The maximum absolute atomic E-state index is 9.55. The van der Waals surface area contributed by atoms with Gasteiger partial charge in [0.05, 0.1) is 25.4 Å².